The summed E-state index contributed by atoms with van der Waals surface area (Å²) in [4.78, 5) is 15.0. The van der Waals surface area contributed by atoms with Crippen molar-refractivity contribution in [1.29, 1.82) is 0 Å². The van der Waals surface area contributed by atoms with Gasteiger partial charge in [0.1, 0.15) is 6.04 Å². The first-order valence-electron chi connectivity index (χ1n) is 4.93. The van der Waals surface area contributed by atoms with Crippen LogP contribution in [0.4, 0.5) is 5.13 Å². The molecule has 0 amide bonds. The van der Waals surface area contributed by atoms with E-state index in [0.29, 0.717) is 5.13 Å². The largest absolute Gasteiger partial charge is 0.480 e. The fourth-order valence-corrected chi connectivity index (χ4v) is 2.42. The molecule has 0 spiro atoms. The normalized spacial score (nSPS) is 12.6. The Morgan fingerprint density at radius 2 is 2.31 bits per heavy atom. The van der Waals surface area contributed by atoms with Crippen LogP contribution in [0.2, 0.25) is 0 Å². The number of anilines is 1. The summed E-state index contributed by atoms with van der Waals surface area (Å²) in [7, 11) is 0. The van der Waals surface area contributed by atoms with Crippen LogP contribution in [0.25, 0.3) is 10.2 Å². The van der Waals surface area contributed by atoms with Gasteiger partial charge in [0, 0.05) is 0 Å². The minimum absolute atomic E-state index is 0.624. The molecule has 0 aliphatic rings. The average molecular weight is 236 g/mol. The number of fused-ring (bicyclic) bond motifs is 1. The lowest BCUT2D eigenvalue weighted by Gasteiger charge is -2.05. The Balaban J connectivity index is 2.33. The summed E-state index contributed by atoms with van der Waals surface area (Å²) >= 11 is 1.48. The number of hydrogen-bond donors (Lipinski definition) is 2. The number of carboxylic acids is 1. The van der Waals surface area contributed by atoms with Crippen molar-refractivity contribution in [2.75, 3.05) is 5.32 Å². The minimum Gasteiger partial charge on any atom is -0.480 e. The van der Waals surface area contributed by atoms with Crippen LogP contribution < -0.4 is 5.32 Å². The first-order valence-corrected chi connectivity index (χ1v) is 5.75. The molecular formula is C11H12N2O2S. The van der Waals surface area contributed by atoms with Crippen molar-refractivity contribution < 1.29 is 9.90 Å². The summed E-state index contributed by atoms with van der Waals surface area (Å²) in [5, 5.41) is 12.3. The second-order valence-corrected chi connectivity index (χ2v) is 4.65. The molecule has 1 atom stereocenters. The van der Waals surface area contributed by atoms with Crippen molar-refractivity contribution in [3.05, 3.63) is 23.8 Å². The van der Waals surface area contributed by atoms with Gasteiger partial charge < -0.3 is 10.4 Å². The molecule has 0 bridgehead atoms. The summed E-state index contributed by atoms with van der Waals surface area (Å²) in [5.74, 6) is -0.879. The molecule has 1 aromatic carbocycles. The Kier molecular flexibility index (Phi) is 2.78. The lowest BCUT2D eigenvalue weighted by Crippen LogP contribution is -2.25. The molecule has 5 heteroatoms. The van der Waals surface area contributed by atoms with Crippen LogP contribution in [-0.4, -0.2) is 22.1 Å². The zero-order valence-electron chi connectivity index (χ0n) is 9.02. The van der Waals surface area contributed by atoms with Crippen LogP contribution in [-0.2, 0) is 4.79 Å². The zero-order valence-corrected chi connectivity index (χ0v) is 9.84. The lowest BCUT2D eigenvalue weighted by molar-refractivity contribution is -0.137. The Morgan fingerprint density at radius 1 is 1.56 bits per heavy atom. The molecule has 1 heterocycles. The molecule has 0 aliphatic heterocycles. The maximum Gasteiger partial charge on any atom is 0.325 e. The number of carbonyl (C=O) groups is 1. The number of nitrogens with zero attached hydrogens (tertiary/aromatic N) is 1. The van der Waals surface area contributed by atoms with Crippen molar-refractivity contribution in [1.82, 2.24) is 4.98 Å². The van der Waals surface area contributed by atoms with Gasteiger partial charge in [-0.25, -0.2) is 4.98 Å². The molecule has 0 radical (unpaired) electrons. The summed E-state index contributed by atoms with van der Waals surface area (Å²) in [6.45, 7) is 3.62. The molecule has 4 nitrogen and oxygen atoms in total. The maximum absolute atomic E-state index is 10.7. The first kappa shape index (κ1) is 10.9. The second-order valence-electron chi connectivity index (χ2n) is 3.65. The zero-order chi connectivity index (χ0) is 11.7. The number of aryl methyl sites for hydroxylation is 1. The van der Waals surface area contributed by atoms with Gasteiger partial charge in [-0.3, -0.25) is 4.79 Å². The minimum atomic E-state index is -0.879. The molecule has 0 fully saturated rings. The van der Waals surface area contributed by atoms with Crippen molar-refractivity contribution in [3.63, 3.8) is 0 Å². The van der Waals surface area contributed by atoms with E-state index in [2.05, 4.69) is 10.3 Å². The molecule has 16 heavy (non-hydrogen) atoms. The predicted molar refractivity (Wildman–Crippen MR) is 65.1 cm³/mol. The smallest absolute Gasteiger partial charge is 0.325 e. The molecule has 1 unspecified atom stereocenters. The number of hydrogen-bond acceptors (Lipinski definition) is 4. The maximum atomic E-state index is 10.7. The van der Waals surface area contributed by atoms with Gasteiger partial charge in [0.25, 0.3) is 0 Å². The van der Waals surface area contributed by atoms with Crippen molar-refractivity contribution in [2.24, 2.45) is 0 Å². The summed E-state index contributed by atoms with van der Waals surface area (Å²) < 4.78 is 1.10. The van der Waals surface area contributed by atoms with E-state index in [1.54, 1.807) is 6.92 Å². The lowest BCUT2D eigenvalue weighted by atomic mass is 10.2. The molecule has 2 aromatic rings. The Bertz CT molecular complexity index is 536. The average Bonchev–Trinajstić information content (AvgIpc) is 2.61. The van der Waals surface area contributed by atoms with Gasteiger partial charge in [-0.2, -0.15) is 0 Å². The van der Waals surface area contributed by atoms with Crippen LogP contribution in [0.15, 0.2) is 18.2 Å². The van der Waals surface area contributed by atoms with E-state index >= 15 is 0 Å². The Labute approximate surface area is 96.9 Å². The van der Waals surface area contributed by atoms with Crippen molar-refractivity contribution >= 4 is 32.7 Å². The van der Waals surface area contributed by atoms with E-state index < -0.39 is 12.0 Å². The number of carboxylic acid groups (broad SMARTS) is 1. The van der Waals surface area contributed by atoms with Gasteiger partial charge in [0.05, 0.1) is 10.2 Å². The fraction of sp³-hybridized carbons (Fsp3) is 0.273. The van der Waals surface area contributed by atoms with Crippen LogP contribution in [0.5, 0.6) is 0 Å². The predicted octanol–water partition coefficient (Wildman–Crippen LogP) is 2.49. The second kappa shape index (κ2) is 4.09. The molecule has 1 aromatic heterocycles. The summed E-state index contributed by atoms with van der Waals surface area (Å²) in [5.41, 5.74) is 2.07. The molecular weight excluding hydrogens is 224 g/mol. The van der Waals surface area contributed by atoms with E-state index in [4.69, 9.17) is 5.11 Å². The van der Waals surface area contributed by atoms with Gasteiger partial charge in [0.15, 0.2) is 5.13 Å². The van der Waals surface area contributed by atoms with Gasteiger partial charge in [-0.15, -0.1) is 0 Å². The van der Waals surface area contributed by atoms with E-state index in [1.807, 2.05) is 25.1 Å². The molecule has 84 valence electrons. The number of benzene rings is 1. The van der Waals surface area contributed by atoms with Crippen LogP contribution >= 0.6 is 11.3 Å². The molecule has 0 saturated carbocycles. The highest BCUT2D eigenvalue weighted by Gasteiger charge is 2.13. The Morgan fingerprint density at radius 3 is 2.94 bits per heavy atom. The fourth-order valence-electron chi connectivity index (χ4n) is 1.40. The monoisotopic (exact) mass is 236 g/mol. The number of aliphatic carboxylic acids is 1. The molecule has 0 aliphatic carbocycles. The number of nitrogens with one attached hydrogen (secondary N) is 1. The third kappa shape index (κ3) is 1.99. The molecule has 2 rings (SSSR count). The topological polar surface area (TPSA) is 62.2 Å². The standard InChI is InChI=1S/C11H12N2O2S/c1-6-4-3-5-8-9(6)16-11(13-8)12-7(2)10(14)15/h3-5,7H,1-2H3,(H,12,13)(H,14,15). The first-order chi connectivity index (χ1) is 7.58. The van der Waals surface area contributed by atoms with E-state index in [0.717, 1.165) is 15.8 Å². The number of aromatic nitrogens is 1. The van der Waals surface area contributed by atoms with Gasteiger partial charge in [-0.05, 0) is 25.5 Å². The third-order valence-electron chi connectivity index (χ3n) is 2.32. The van der Waals surface area contributed by atoms with Crippen LogP contribution in [0.1, 0.15) is 12.5 Å². The number of rotatable bonds is 3. The summed E-state index contributed by atoms with van der Waals surface area (Å²) in [6, 6.07) is 5.27. The highest BCUT2D eigenvalue weighted by molar-refractivity contribution is 7.22. The van der Waals surface area contributed by atoms with Crippen LogP contribution in [0.3, 0.4) is 0 Å². The van der Waals surface area contributed by atoms with Crippen molar-refractivity contribution in [2.45, 2.75) is 19.9 Å². The van der Waals surface area contributed by atoms with E-state index in [1.165, 1.54) is 11.3 Å². The Hall–Kier alpha value is -1.62. The highest BCUT2D eigenvalue weighted by atomic mass is 32.1. The number of thiazole rings is 1. The van der Waals surface area contributed by atoms with E-state index in [-0.39, 0.29) is 0 Å². The van der Waals surface area contributed by atoms with E-state index in [9.17, 15) is 4.79 Å². The molecule has 2 N–H and O–H groups in total. The SMILES string of the molecule is Cc1cccc2nc(NC(C)C(=O)O)sc12. The van der Waals surface area contributed by atoms with Crippen LogP contribution in [0, 0.1) is 6.92 Å². The van der Waals surface area contributed by atoms with Gasteiger partial charge in [0.2, 0.25) is 0 Å². The van der Waals surface area contributed by atoms with Gasteiger partial charge >= 0.3 is 5.97 Å². The quantitative estimate of drug-likeness (QED) is 0.859. The third-order valence-corrected chi connectivity index (χ3v) is 3.46. The highest BCUT2D eigenvalue weighted by Crippen LogP contribution is 2.28. The van der Waals surface area contributed by atoms with Crippen molar-refractivity contribution in [3.8, 4) is 0 Å². The molecule has 0 saturated heterocycles. The summed E-state index contributed by atoms with van der Waals surface area (Å²) in [6.07, 6.45) is 0. The van der Waals surface area contributed by atoms with Gasteiger partial charge in [-0.1, -0.05) is 23.5 Å².